The molecular weight excluding hydrogens is 723 g/mol. The van der Waals surface area contributed by atoms with Gasteiger partial charge in [0.05, 0.1) is 0 Å². The van der Waals surface area contributed by atoms with Crippen LogP contribution in [0.3, 0.4) is 0 Å². The number of benzene rings is 10. The summed E-state index contributed by atoms with van der Waals surface area (Å²) < 4.78 is 12.2. The lowest BCUT2D eigenvalue weighted by Gasteiger charge is -2.26. The second kappa shape index (κ2) is 13.3. The number of para-hydroxylation sites is 4. The van der Waals surface area contributed by atoms with Crippen molar-refractivity contribution in [2.24, 2.45) is 0 Å². The predicted molar refractivity (Wildman–Crippen MR) is 243 cm³/mol. The Morgan fingerprint density at radius 3 is 1.10 bits per heavy atom. The second-order valence-corrected chi connectivity index (χ2v) is 15.1. The summed E-state index contributed by atoms with van der Waals surface area (Å²) in [6.45, 7) is 0. The molecule has 0 fully saturated rings. The van der Waals surface area contributed by atoms with Gasteiger partial charge in [-0.3, -0.25) is 0 Å². The Morgan fingerprint density at radius 2 is 0.627 bits per heavy atom. The van der Waals surface area contributed by atoms with E-state index < -0.39 is 0 Å². The van der Waals surface area contributed by atoms with Gasteiger partial charge in [0.25, 0.3) is 0 Å². The Labute approximate surface area is 339 Å². The van der Waals surface area contributed by atoms with Crippen LogP contribution in [-0.4, -0.2) is 9.97 Å². The van der Waals surface area contributed by atoms with Crippen LogP contribution in [0.1, 0.15) is 0 Å². The van der Waals surface area contributed by atoms with Crippen molar-refractivity contribution in [2.75, 3.05) is 4.90 Å². The zero-order valence-electron chi connectivity index (χ0n) is 31.7. The summed E-state index contributed by atoms with van der Waals surface area (Å²) in [7, 11) is 0. The van der Waals surface area contributed by atoms with E-state index in [1.165, 1.54) is 32.7 Å². The summed E-state index contributed by atoms with van der Waals surface area (Å²) in [5, 5.41) is 9.31. The standard InChI is InChI=1S/C54H33N3O2/c1-2-8-35-27-36(14-13-34(35)7-1)37-15-16-41-31-46(24-21-38(41)28-37)57(47-25-22-39-29-44(19-17-42(39)32-47)53-55-49-9-3-5-11-51(49)58-53)48-26-23-40-30-45(20-18-43(40)33-48)54-56-50-10-4-6-12-52(50)59-54/h1-33H. The van der Waals surface area contributed by atoms with Crippen LogP contribution in [0.25, 0.3) is 99.3 Å². The largest absolute Gasteiger partial charge is 0.436 e. The van der Waals surface area contributed by atoms with E-state index in [1.54, 1.807) is 0 Å². The van der Waals surface area contributed by atoms with Crippen LogP contribution in [0.2, 0.25) is 0 Å². The van der Waals surface area contributed by atoms with Gasteiger partial charge in [-0.15, -0.1) is 0 Å². The fraction of sp³-hybridized carbons (Fsp3) is 0. The first kappa shape index (κ1) is 33.2. The molecule has 0 bridgehead atoms. The number of nitrogens with zero attached hydrogens (tertiary/aromatic N) is 3. The van der Waals surface area contributed by atoms with Crippen LogP contribution < -0.4 is 4.90 Å². The molecule has 10 aromatic carbocycles. The van der Waals surface area contributed by atoms with Gasteiger partial charge in [0.15, 0.2) is 11.2 Å². The highest BCUT2D eigenvalue weighted by atomic mass is 16.4. The molecule has 59 heavy (non-hydrogen) atoms. The lowest BCUT2D eigenvalue weighted by atomic mass is 9.98. The minimum Gasteiger partial charge on any atom is -0.436 e. The highest BCUT2D eigenvalue weighted by Gasteiger charge is 2.17. The second-order valence-electron chi connectivity index (χ2n) is 15.1. The molecule has 2 heterocycles. The van der Waals surface area contributed by atoms with E-state index in [0.717, 1.165) is 71.9 Å². The molecule has 0 radical (unpaired) electrons. The molecular formula is C54H33N3O2. The molecule has 0 spiro atoms. The fourth-order valence-corrected chi connectivity index (χ4v) is 8.37. The van der Waals surface area contributed by atoms with Crippen molar-refractivity contribution < 1.29 is 8.83 Å². The van der Waals surface area contributed by atoms with Crippen LogP contribution in [0.5, 0.6) is 0 Å². The first-order valence-corrected chi connectivity index (χ1v) is 19.8. The molecule has 5 nitrogen and oxygen atoms in total. The number of aromatic nitrogens is 2. The van der Waals surface area contributed by atoms with Gasteiger partial charge >= 0.3 is 0 Å². The Kier molecular flexibility index (Phi) is 7.47. The van der Waals surface area contributed by atoms with Gasteiger partial charge in [0.2, 0.25) is 11.8 Å². The van der Waals surface area contributed by atoms with Gasteiger partial charge in [0.1, 0.15) is 11.0 Å². The van der Waals surface area contributed by atoms with Crippen molar-refractivity contribution in [1.82, 2.24) is 9.97 Å². The summed E-state index contributed by atoms with van der Waals surface area (Å²) in [5.41, 5.74) is 10.8. The molecule has 0 aliphatic heterocycles. The smallest absolute Gasteiger partial charge is 0.227 e. The lowest BCUT2D eigenvalue weighted by Crippen LogP contribution is -2.10. The number of hydrogen-bond donors (Lipinski definition) is 0. The molecule has 0 atom stereocenters. The molecule has 0 saturated heterocycles. The average molecular weight is 756 g/mol. The lowest BCUT2D eigenvalue weighted by molar-refractivity contribution is 0.619. The molecule has 0 unspecified atom stereocenters. The average Bonchev–Trinajstić information content (AvgIpc) is 3.94. The predicted octanol–water partition coefficient (Wildman–Crippen LogP) is 15.1. The van der Waals surface area contributed by atoms with Crippen molar-refractivity contribution >= 4 is 82.4 Å². The molecule has 12 rings (SSSR count). The Morgan fingerprint density at radius 1 is 0.288 bits per heavy atom. The maximum absolute atomic E-state index is 6.12. The summed E-state index contributed by atoms with van der Waals surface area (Å²) in [6.07, 6.45) is 0. The Hall–Kier alpha value is -8.02. The van der Waals surface area contributed by atoms with Crippen molar-refractivity contribution in [3.05, 3.63) is 200 Å². The SMILES string of the molecule is c1ccc2cc(-c3ccc4cc(N(c5ccc6cc(-c7nc8ccccc8o7)ccc6c5)c5ccc6cc(-c7nc8ccccc8o7)ccc6c5)ccc4c3)ccc2c1. The van der Waals surface area contributed by atoms with Crippen molar-refractivity contribution in [1.29, 1.82) is 0 Å². The van der Waals surface area contributed by atoms with Crippen molar-refractivity contribution in [2.45, 2.75) is 0 Å². The van der Waals surface area contributed by atoms with E-state index in [9.17, 15) is 0 Å². The minimum atomic E-state index is 0.620. The van der Waals surface area contributed by atoms with E-state index >= 15 is 0 Å². The van der Waals surface area contributed by atoms with Crippen LogP contribution >= 0.6 is 0 Å². The minimum absolute atomic E-state index is 0.620. The highest BCUT2D eigenvalue weighted by molar-refractivity contribution is 5.98. The van der Waals surface area contributed by atoms with Gasteiger partial charge in [0, 0.05) is 28.2 Å². The molecule has 2 aromatic heterocycles. The third kappa shape index (κ3) is 5.87. The number of rotatable bonds is 6. The van der Waals surface area contributed by atoms with Crippen LogP contribution in [0.4, 0.5) is 17.1 Å². The zero-order valence-corrected chi connectivity index (χ0v) is 31.7. The normalized spacial score (nSPS) is 11.7. The maximum atomic E-state index is 6.12. The van der Waals surface area contributed by atoms with Crippen LogP contribution in [0.15, 0.2) is 209 Å². The maximum Gasteiger partial charge on any atom is 0.227 e. The van der Waals surface area contributed by atoms with Gasteiger partial charge in [-0.1, -0.05) is 103 Å². The van der Waals surface area contributed by atoms with Gasteiger partial charge in [-0.2, -0.15) is 0 Å². The molecule has 276 valence electrons. The van der Waals surface area contributed by atoms with Gasteiger partial charge in [-0.25, -0.2) is 9.97 Å². The topological polar surface area (TPSA) is 55.3 Å². The van der Waals surface area contributed by atoms with Gasteiger partial charge in [-0.05, 0) is 151 Å². The summed E-state index contributed by atoms with van der Waals surface area (Å²) >= 11 is 0. The highest BCUT2D eigenvalue weighted by Crippen LogP contribution is 2.40. The zero-order chi connectivity index (χ0) is 38.9. The molecule has 0 aliphatic carbocycles. The Bertz CT molecular complexity index is 3380. The molecule has 12 aromatic rings. The molecule has 0 saturated carbocycles. The van der Waals surface area contributed by atoms with E-state index in [-0.39, 0.29) is 0 Å². The van der Waals surface area contributed by atoms with E-state index in [4.69, 9.17) is 18.8 Å². The first-order valence-electron chi connectivity index (χ1n) is 19.8. The van der Waals surface area contributed by atoms with Crippen LogP contribution in [-0.2, 0) is 0 Å². The third-order valence-corrected chi connectivity index (χ3v) is 11.4. The summed E-state index contributed by atoms with van der Waals surface area (Å²) in [5.74, 6) is 1.24. The van der Waals surface area contributed by atoms with E-state index in [1.807, 2.05) is 48.5 Å². The van der Waals surface area contributed by atoms with E-state index in [0.29, 0.717) is 11.8 Å². The number of anilines is 3. The summed E-state index contributed by atoms with van der Waals surface area (Å²) in [6, 6.07) is 70.6. The molecule has 0 N–H and O–H groups in total. The Balaban J connectivity index is 0.951. The van der Waals surface area contributed by atoms with Gasteiger partial charge < -0.3 is 13.7 Å². The first-order chi connectivity index (χ1) is 29.1. The van der Waals surface area contributed by atoms with Crippen LogP contribution in [0, 0.1) is 0 Å². The number of fused-ring (bicyclic) bond motifs is 6. The third-order valence-electron chi connectivity index (χ3n) is 11.4. The molecule has 0 aliphatic rings. The summed E-state index contributed by atoms with van der Waals surface area (Å²) in [4.78, 5) is 11.8. The fourth-order valence-electron chi connectivity index (χ4n) is 8.37. The van der Waals surface area contributed by atoms with Crippen molar-refractivity contribution in [3.8, 4) is 34.0 Å². The quantitative estimate of drug-likeness (QED) is 0.169. The van der Waals surface area contributed by atoms with E-state index in [2.05, 4.69) is 157 Å². The molecule has 5 heteroatoms. The molecule has 0 amide bonds. The number of hydrogen-bond acceptors (Lipinski definition) is 5. The number of oxazole rings is 2. The van der Waals surface area contributed by atoms with Crippen molar-refractivity contribution in [3.63, 3.8) is 0 Å². The monoisotopic (exact) mass is 755 g/mol.